The fourth-order valence-corrected chi connectivity index (χ4v) is 2.96. The SMILES string of the molecule is COc1ccc(Oc2ccc(-c3noc(-c4cccc(OC)c4OC)n3)cc2)cc1. The lowest BCUT2D eigenvalue weighted by atomic mass is 10.1. The Bertz CT molecular complexity index is 1120. The lowest BCUT2D eigenvalue weighted by Gasteiger charge is -2.09. The molecule has 0 aliphatic heterocycles. The van der Waals surface area contributed by atoms with E-state index in [-0.39, 0.29) is 0 Å². The van der Waals surface area contributed by atoms with E-state index in [0.29, 0.717) is 34.5 Å². The quantitative estimate of drug-likeness (QED) is 0.418. The van der Waals surface area contributed by atoms with Gasteiger partial charge in [0, 0.05) is 5.56 Å². The molecule has 0 spiro atoms. The zero-order chi connectivity index (χ0) is 20.9. The highest BCUT2D eigenvalue weighted by molar-refractivity contribution is 5.69. The molecule has 0 fully saturated rings. The molecule has 0 atom stereocenters. The summed E-state index contributed by atoms with van der Waals surface area (Å²) in [4.78, 5) is 4.50. The molecule has 0 N–H and O–H groups in total. The average molecular weight is 404 g/mol. The Balaban J connectivity index is 1.54. The lowest BCUT2D eigenvalue weighted by Crippen LogP contribution is -1.93. The van der Waals surface area contributed by atoms with Gasteiger partial charge in [-0.2, -0.15) is 4.98 Å². The van der Waals surface area contributed by atoms with Crippen LogP contribution in [0.15, 0.2) is 71.3 Å². The van der Waals surface area contributed by atoms with Gasteiger partial charge < -0.3 is 23.5 Å². The Hall–Kier alpha value is -4.00. The number of aromatic nitrogens is 2. The number of benzene rings is 3. The number of ether oxygens (including phenoxy) is 4. The van der Waals surface area contributed by atoms with Crippen molar-refractivity contribution in [1.82, 2.24) is 10.1 Å². The van der Waals surface area contributed by atoms with Gasteiger partial charge in [-0.05, 0) is 60.7 Å². The third kappa shape index (κ3) is 3.91. The van der Waals surface area contributed by atoms with Crippen molar-refractivity contribution in [2.75, 3.05) is 21.3 Å². The van der Waals surface area contributed by atoms with Crippen molar-refractivity contribution in [2.45, 2.75) is 0 Å². The van der Waals surface area contributed by atoms with Gasteiger partial charge in [0.2, 0.25) is 5.82 Å². The first kappa shape index (κ1) is 19.3. The molecule has 0 bridgehead atoms. The Labute approximate surface area is 173 Å². The molecular weight excluding hydrogens is 384 g/mol. The molecule has 0 aliphatic carbocycles. The molecule has 152 valence electrons. The van der Waals surface area contributed by atoms with Gasteiger partial charge in [0.25, 0.3) is 5.89 Å². The molecule has 0 saturated heterocycles. The maximum atomic E-state index is 5.85. The molecule has 7 nitrogen and oxygen atoms in total. The first-order valence-electron chi connectivity index (χ1n) is 9.19. The Kier molecular flexibility index (Phi) is 5.52. The zero-order valence-electron chi connectivity index (χ0n) is 16.8. The van der Waals surface area contributed by atoms with Crippen LogP contribution in [-0.2, 0) is 0 Å². The summed E-state index contributed by atoms with van der Waals surface area (Å²) in [5.41, 5.74) is 1.46. The standard InChI is InChI=1S/C23H20N2O5/c1-26-16-11-13-18(14-12-16)29-17-9-7-15(8-10-17)22-24-23(30-25-22)19-5-4-6-20(27-2)21(19)28-3/h4-14H,1-3H3. The Morgan fingerprint density at radius 3 is 2.00 bits per heavy atom. The predicted octanol–water partition coefficient (Wildman–Crippen LogP) is 5.22. The van der Waals surface area contributed by atoms with Gasteiger partial charge >= 0.3 is 0 Å². The minimum absolute atomic E-state index is 0.347. The molecule has 4 rings (SSSR count). The first-order valence-corrected chi connectivity index (χ1v) is 9.19. The maximum Gasteiger partial charge on any atom is 0.262 e. The maximum absolute atomic E-state index is 5.85. The van der Waals surface area contributed by atoms with E-state index in [4.69, 9.17) is 23.5 Å². The van der Waals surface area contributed by atoms with Crippen molar-refractivity contribution in [2.24, 2.45) is 0 Å². The predicted molar refractivity (Wildman–Crippen MR) is 111 cm³/mol. The molecule has 30 heavy (non-hydrogen) atoms. The van der Waals surface area contributed by atoms with Crippen LogP contribution in [-0.4, -0.2) is 31.5 Å². The molecule has 1 aromatic heterocycles. The molecule has 3 aromatic carbocycles. The number of para-hydroxylation sites is 1. The largest absolute Gasteiger partial charge is 0.497 e. The molecule has 0 amide bonds. The topological polar surface area (TPSA) is 75.8 Å². The summed E-state index contributed by atoms with van der Waals surface area (Å²) >= 11 is 0. The highest BCUT2D eigenvalue weighted by Crippen LogP contribution is 2.37. The smallest absolute Gasteiger partial charge is 0.262 e. The monoisotopic (exact) mass is 404 g/mol. The Morgan fingerprint density at radius 2 is 1.37 bits per heavy atom. The van der Waals surface area contributed by atoms with E-state index in [9.17, 15) is 0 Å². The third-order valence-corrected chi connectivity index (χ3v) is 4.47. The summed E-state index contributed by atoms with van der Waals surface area (Å²) in [6, 6.07) is 20.3. The van der Waals surface area contributed by atoms with Crippen LogP contribution in [0.25, 0.3) is 22.8 Å². The van der Waals surface area contributed by atoms with E-state index < -0.39 is 0 Å². The highest BCUT2D eigenvalue weighted by Gasteiger charge is 2.18. The normalized spacial score (nSPS) is 10.5. The van der Waals surface area contributed by atoms with Crippen LogP contribution in [0.1, 0.15) is 0 Å². The summed E-state index contributed by atoms with van der Waals surface area (Å²) in [5, 5.41) is 4.09. The van der Waals surface area contributed by atoms with Gasteiger partial charge in [0.15, 0.2) is 11.5 Å². The van der Waals surface area contributed by atoms with Crippen molar-refractivity contribution in [3.05, 3.63) is 66.7 Å². The molecule has 7 heteroatoms. The molecular formula is C23H20N2O5. The van der Waals surface area contributed by atoms with Crippen molar-refractivity contribution < 1.29 is 23.5 Å². The second-order valence-electron chi connectivity index (χ2n) is 6.27. The van der Waals surface area contributed by atoms with Crippen molar-refractivity contribution in [1.29, 1.82) is 0 Å². The fraction of sp³-hybridized carbons (Fsp3) is 0.130. The number of hydrogen-bond donors (Lipinski definition) is 0. The van der Waals surface area contributed by atoms with E-state index >= 15 is 0 Å². The second-order valence-corrected chi connectivity index (χ2v) is 6.27. The van der Waals surface area contributed by atoms with Crippen molar-refractivity contribution >= 4 is 0 Å². The number of hydrogen-bond acceptors (Lipinski definition) is 7. The molecule has 1 heterocycles. The first-order chi connectivity index (χ1) is 14.7. The van der Waals surface area contributed by atoms with Crippen LogP contribution in [0.3, 0.4) is 0 Å². The molecule has 0 unspecified atom stereocenters. The molecule has 0 saturated carbocycles. The van der Waals surface area contributed by atoms with Gasteiger partial charge in [-0.15, -0.1) is 0 Å². The minimum Gasteiger partial charge on any atom is -0.497 e. The van der Waals surface area contributed by atoms with E-state index in [1.165, 1.54) is 0 Å². The van der Waals surface area contributed by atoms with Crippen molar-refractivity contribution in [3.63, 3.8) is 0 Å². The zero-order valence-corrected chi connectivity index (χ0v) is 16.8. The van der Waals surface area contributed by atoms with Gasteiger partial charge in [-0.3, -0.25) is 0 Å². The highest BCUT2D eigenvalue weighted by atomic mass is 16.5. The second kappa shape index (κ2) is 8.57. The van der Waals surface area contributed by atoms with Crippen LogP contribution in [0.4, 0.5) is 0 Å². The lowest BCUT2D eigenvalue weighted by molar-refractivity contribution is 0.353. The minimum atomic E-state index is 0.347. The summed E-state index contributed by atoms with van der Waals surface area (Å²) in [7, 11) is 4.78. The van der Waals surface area contributed by atoms with Crippen LogP contribution < -0.4 is 18.9 Å². The summed E-state index contributed by atoms with van der Waals surface area (Å²) in [6.45, 7) is 0. The summed E-state index contributed by atoms with van der Waals surface area (Å²) in [6.07, 6.45) is 0. The van der Waals surface area contributed by atoms with Crippen LogP contribution >= 0.6 is 0 Å². The van der Waals surface area contributed by atoms with E-state index in [1.54, 1.807) is 27.4 Å². The molecule has 0 aliphatic rings. The van der Waals surface area contributed by atoms with E-state index in [0.717, 1.165) is 17.1 Å². The Morgan fingerprint density at radius 1 is 0.700 bits per heavy atom. The summed E-state index contributed by atoms with van der Waals surface area (Å²) < 4.78 is 27.2. The average Bonchev–Trinajstić information content (AvgIpc) is 3.29. The number of rotatable bonds is 7. The molecule has 0 radical (unpaired) electrons. The van der Waals surface area contributed by atoms with Gasteiger partial charge in [0.1, 0.15) is 17.2 Å². The van der Waals surface area contributed by atoms with Crippen molar-refractivity contribution in [3.8, 4) is 51.6 Å². The van der Waals surface area contributed by atoms with Gasteiger partial charge in [0.05, 0.1) is 26.9 Å². The third-order valence-electron chi connectivity index (χ3n) is 4.47. The van der Waals surface area contributed by atoms with E-state index in [2.05, 4.69) is 10.1 Å². The van der Waals surface area contributed by atoms with E-state index in [1.807, 2.05) is 60.7 Å². The number of nitrogens with zero attached hydrogens (tertiary/aromatic N) is 2. The van der Waals surface area contributed by atoms with Gasteiger partial charge in [-0.25, -0.2) is 0 Å². The fourth-order valence-electron chi connectivity index (χ4n) is 2.96. The van der Waals surface area contributed by atoms with Crippen LogP contribution in [0.2, 0.25) is 0 Å². The number of methoxy groups -OCH3 is 3. The van der Waals surface area contributed by atoms with Crippen LogP contribution in [0, 0.1) is 0 Å². The summed E-state index contributed by atoms with van der Waals surface area (Å²) in [5.74, 6) is 4.13. The van der Waals surface area contributed by atoms with Gasteiger partial charge in [-0.1, -0.05) is 11.2 Å². The molecule has 4 aromatic rings. The van der Waals surface area contributed by atoms with Crippen LogP contribution in [0.5, 0.6) is 28.7 Å².